The summed E-state index contributed by atoms with van der Waals surface area (Å²) >= 11 is 0. The van der Waals surface area contributed by atoms with E-state index in [1.165, 1.54) is 0 Å². The highest BCUT2D eigenvalue weighted by Crippen LogP contribution is 2.41. The number of hydrogen-bond donors (Lipinski definition) is 0. The molecule has 0 spiro atoms. The van der Waals surface area contributed by atoms with Crippen LogP contribution in [-0.4, -0.2) is 11.5 Å². The second kappa shape index (κ2) is 6.88. The lowest BCUT2D eigenvalue weighted by atomic mass is 9.78. The van der Waals surface area contributed by atoms with Crippen LogP contribution in [0.1, 0.15) is 28.6 Å². The summed E-state index contributed by atoms with van der Waals surface area (Å²) < 4.78 is 17.5. The van der Waals surface area contributed by atoms with Crippen LogP contribution in [0.3, 0.4) is 0 Å². The van der Waals surface area contributed by atoms with E-state index >= 15 is 0 Å². The van der Waals surface area contributed by atoms with Gasteiger partial charge in [-0.05, 0) is 55.8 Å². The maximum absolute atomic E-state index is 11.6. The first-order chi connectivity index (χ1) is 13.4. The molecule has 0 atom stereocenters. The number of rotatable bonds is 5. The highest BCUT2D eigenvalue weighted by Gasteiger charge is 2.40. The standard InChI is InChI=1S/C22H19NO5/c1-15-8-10-18(26-15)20-12-22(14-23(24)25,17-6-4-3-5-7-17)13-21(28-20)19-11-9-16(2)27-19/h3-13H,14H2,1-2H3. The molecule has 1 aliphatic heterocycles. The zero-order valence-electron chi connectivity index (χ0n) is 15.5. The Morgan fingerprint density at radius 1 is 0.857 bits per heavy atom. The normalized spacial score (nSPS) is 15.5. The van der Waals surface area contributed by atoms with Crippen molar-refractivity contribution >= 4 is 11.5 Å². The van der Waals surface area contributed by atoms with Gasteiger partial charge in [-0.1, -0.05) is 30.3 Å². The quantitative estimate of drug-likeness (QED) is 0.456. The van der Waals surface area contributed by atoms with Gasteiger partial charge in [0.05, 0.1) is 0 Å². The minimum absolute atomic E-state index is 0.318. The number of hydrogen-bond acceptors (Lipinski definition) is 5. The summed E-state index contributed by atoms with van der Waals surface area (Å²) in [5, 5.41) is 11.6. The van der Waals surface area contributed by atoms with Crippen LogP contribution in [-0.2, 0) is 10.2 Å². The Morgan fingerprint density at radius 3 is 1.82 bits per heavy atom. The van der Waals surface area contributed by atoms with Crippen molar-refractivity contribution in [3.63, 3.8) is 0 Å². The van der Waals surface area contributed by atoms with Gasteiger partial charge in [-0.2, -0.15) is 0 Å². The maximum atomic E-state index is 11.6. The maximum Gasteiger partial charge on any atom is 0.220 e. The molecule has 2 aromatic heterocycles. The number of aryl methyl sites for hydroxylation is 2. The first-order valence-corrected chi connectivity index (χ1v) is 8.90. The SMILES string of the molecule is Cc1ccc(C2=CC(C[N+](=O)[O-])(c3ccccc3)C=C(c3ccc(C)o3)O2)o1. The molecule has 0 amide bonds. The number of benzene rings is 1. The third kappa shape index (κ3) is 3.36. The summed E-state index contributed by atoms with van der Waals surface area (Å²) in [6.45, 7) is 3.34. The topological polar surface area (TPSA) is 78.7 Å². The van der Waals surface area contributed by atoms with Crippen LogP contribution in [0, 0.1) is 24.0 Å². The predicted molar refractivity (Wildman–Crippen MR) is 104 cm³/mol. The van der Waals surface area contributed by atoms with Crippen molar-refractivity contribution in [2.45, 2.75) is 19.3 Å². The van der Waals surface area contributed by atoms with Gasteiger partial charge in [-0.3, -0.25) is 10.1 Å². The molecular weight excluding hydrogens is 358 g/mol. The molecule has 28 heavy (non-hydrogen) atoms. The average Bonchev–Trinajstić information content (AvgIpc) is 3.30. The van der Waals surface area contributed by atoms with Gasteiger partial charge in [0.1, 0.15) is 16.9 Å². The number of nitrogens with zero attached hydrogens (tertiary/aromatic N) is 1. The second-order valence-electron chi connectivity index (χ2n) is 6.84. The monoisotopic (exact) mass is 377 g/mol. The Labute approximate surface area is 161 Å². The van der Waals surface area contributed by atoms with Gasteiger partial charge in [0.2, 0.25) is 6.54 Å². The lowest BCUT2D eigenvalue weighted by molar-refractivity contribution is -0.486. The highest BCUT2D eigenvalue weighted by molar-refractivity contribution is 5.73. The van der Waals surface area contributed by atoms with E-state index in [4.69, 9.17) is 13.6 Å². The number of nitro groups is 1. The molecule has 1 aromatic carbocycles. The van der Waals surface area contributed by atoms with Crippen molar-refractivity contribution in [1.29, 1.82) is 0 Å². The first-order valence-electron chi connectivity index (χ1n) is 8.90. The van der Waals surface area contributed by atoms with Crippen molar-refractivity contribution in [2.75, 3.05) is 6.54 Å². The van der Waals surface area contributed by atoms with Gasteiger partial charge < -0.3 is 13.6 Å². The highest BCUT2D eigenvalue weighted by atomic mass is 16.6. The minimum Gasteiger partial charge on any atom is -0.458 e. The zero-order valence-corrected chi connectivity index (χ0v) is 15.5. The van der Waals surface area contributed by atoms with Crippen molar-refractivity contribution in [2.24, 2.45) is 0 Å². The fourth-order valence-corrected chi connectivity index (χ4v) is 3.37. The third-order valence-corrected chi connectivity index (χ3v) is 4.67. The predicted octanol–water partition coefficient (Wildman–Crippen LogP) is 5.12. The molecule has 0 N–H and O–H groups in total. The largest absolute Gasteiger partial charge is 0.458 e. The molecule has 0 fully saturated rings. The molecule has 0 aliphatic carbocycles. The summed E-state index contributed by atoms with van der Waals surface area (Å²) in [6.07, 6.45) is 3.51. The fourth-order valence-electron chi connectivity index (χ4n) is 3.37. The summed E-state index contributed by atoms with van der Waals surface area (Å²) in [7, 11) is 0. The van der Waals surface area contributed by atoms with Crippen LogP contribution in [0.25, 0.3) is 11.5 Å². The van der Waals surface area contributed by atoms with Crippen LogP contribution in [0.5, 0.6) is 0 Å². The lowest BCUT2D eigenvalue weighted by Gasteiger charge is -2.29. The molecular formula is C22H19NO5. The molecule has 0 saturated heterocycles. The van der Waals surface area contributed by atoms with Crippen LogP contribution in [0.15, 0.2) is 75.6 Å². The van der Waals surface area contributed by atoms with E-state index in [0.29, 0.717) is 23.0 Å². The second-order valence-corrected chi connectivity index (χ2v) is 6.84. The van der Waals surface area contributed by atoms with E-state index < -0.39 is 5.41 Å². The molecule has 3 aromatic rings. The molecule has 0 radical (unpaired) electrons. The van der Waals surface area contributed by atoms with Gasteiger partial charge in [-0.25, -0.2) is 0 Å². The number of ether oxygens (including phenoxy) is 1. The molecule has 0 saturated carbocycles. The molecule has 3 heterocycles. The smallest absolute Gasteiger partial charge is 0.220 e. The zero-order chi connectivity index (χ0) is 19.7. The Hall–Kier alpha value is -3.54. The molecule has 142 valence electrons. The van der Waals surface area contributed by atoms with Crippen LogP contribution in [0.4, 0.5) is 0 Å². The van der Waals surface area contributed by atoms with Crippen LogP contribution >= 0.6 is 0 Å². The summed E-state index contributed by atoms with van der Waals surface area (Å²) in [4.78, 5) is 11.3. The Morgan fingerprint density at radius 2 is 1.39 bits per heavy atom. The van der Waals surface area contributed by atoms with Gasteiger partial charge in [0.25, 0.3) is 0 Å². The Bertz CT molecular complexity index is 1020. The van der Waals surface area contributed by atoms with Gasteiger partial charge in [0, 0.05) is 4.92 Å². The van der Waals surface area contributed by atoms with Gasteiger partial charge >= 0.3 is 0 Å². The van der Waals surface area contributed by atoms with Crippen LogP contribution in [0.2, 0.25) is 0 Å². The van der Waals surface area contributed by atoms with E-state index in [-0.39, 0.29) is 11.5 Å². The van der Waals surface area contributed by atoms with E-state index in [2.05, 4.69) is 0 Å². The third-order valence-electron chi connectivity index (χ3n) is 4.67. The van der Waals surface area contributed by atoms with Crippen molar-refractivity contribution in [3.05, 3.63) is 105 Å². The fraction of sp³-hybridized carbons (Fsp3) is 0.182. The van der Waals surface area contributed by atoms with Crippen molar-refractivity contribution in [3.8, 4) is 0 Å². The molecule has 6 heteroatoms. The summed E-state index contributed by atoms with van der Waals surface area (Å²) in [5.41, 5.74) is -0.216. The molecule has 0 bridgehead atoms. The van der Waals surface area contributed by atoms with E-state index in [1.807, 2.05) is 56.3 Å². The molecule has 1 aliphatic rings. The Balaban J connectivity index is 1.92. The van der Waals surface area contributed by atoms with Gasteiger partial charge in [-0.15, -0.1) is 0 Å². The van der Waals surface area contributed by atoms with Crippen LogP contribution < -0.4 is 0 Å². The molecule has 0 unspecified atom stereocenters. The first kappa shape index (κ1) is 17.9. The molecule has 6 nitrogen and oxygen atoms in total. The minimum atomic E-state index is -1.00. The Kier molecular flexibility index (Phi) is 4.39. The number of furan rings is 2. The van der Waals surface area contributed by atoms with Gasteiger partial charge in [0.15, 0.2) is 23.0 Å². The van der Waals surface area contributed by atoms with E-state index in [1.54, 1.807) is 24.3 Å². The summed E-state index contributed by atoms with van der Waals surface area (Å²) in [6, 6.07) is 16.6. The van der Waals surface area contributed by atoms with E-state index in [9.17, 15) is 10.1 Å². The van der Waals surface area contributed by atoms with E-state index in [0.717, 1.165) is 17.1 Å². The lowest BCUT2D eigenvalue weighted by Crippen LogP contribution is -2.33. The van der Waals surface area contributed by atoms with Crippen molar-refractivity contribution in [1.82, 2.24) is 0 Å². The molecule has 4 rings (SSSR count). The average molecular weight is 377 g/mol. The summed E-state index contributed by atoms with van der Waals surface area (Å²) in [5.74, 6) is 3.31. The van der Waals surface area contributed by atoms with Crippen molar-refractivity contribution < 1.29 is 18.5 Å².